The largest absolute Gasteiger partial charge is 0.472 e. The normalized spacial score (nSPS) is 13.9. The van der Waals surface area contributed by atoms with Gasteiger partial charge in [0.1, 0.15) is 9.84 Å². The highest BCUT2D eigenvalue weighted by atomic mass is 32.2. The fourth-order valence-corrected chi connectivity index (χ4v) is 2.17. The van der Waals surface area contributed by atoms with Crippen molar-refractivity contribution in [3.63, 3.8) is 0 Å². The second kappa shape index (κ2) is 6.06. The number of nitrogens with one attached hydrogen (secondary N) is 1. The van der Waals surface area contributed by atoms with Crippen LogP contribution in [0.3, 0.4) is 0 Å². The van der Waals surface area contributed by atoms with Gasteiger partial charge >= 0.3 is 0 Å². The third-order valence-corrected chi connectivity index (χ3v) is 3.34. The molecule has 1 rings (SSSR count). The van der Waals surface area contributed by atoms with Crippen LogP contribution in [0, 0.1) is 0 Å². The topological polar surface area (TPSA) is 59.3 Å². The van der Waals surface area contributed by atoms with Crippen molar-refractivity contribution < 1.29 is 12.8 Å². The van der Waals surface area contributed by atoms with Gasteiger partial charge in [-0.05, 0) is 25.5 Å². The van der Waals surface area contributed by atoms with Crippen molar-refractivity contribution in [2.45, 2.75) is 25.8 Å². The van der Waals surface area contributed by atoms with Crippen molar-refractivity contribution in [2.75, 3.05) is 18.6 Å². The third kappa shape index (κ3) is 4.81. The van der Waals surface area contributed by atoms with Crippen LogP contribution in [-0.2, 0) is 9.84 Å². The predicted octanol–water partition coefficient (Wildman–Crippen LogP) is 1.76. The monoisotopic (exact) mass is 245 g/mol. The average Bonchev–Trinajstić information content (AvgIpc) is 2.69. The van der Waals surface area contributed by atoms with E-state index in [0.29, 0.717) is 6.42 Å². The number of hydrogen-bond acceptors (Lipinski definition) is 4. The lowest BCUT2D eigenvalue weighted by Crippen LogP contribution is -2.24. The molecule has 1 atom stereocenters. The van der Waals surface area contributed by atoms with Crippen molar-refractivity contribution in [1.82, 2.24) is 5.32 Å². The molecule has 0 spiro atoms. The molecule has 4 nitrogen and oxygen atoms in total. The fraction of sp³-hybridized carbons (Fsp3) is 0.636. The van der Waals surface area contributed by atoms with Crippen LogP contribution in [0.15, 0.2) is 23.0 Å². The molecule has 0 amide bonds. The van der Waals surface area contributed by atoms with Crippen molar-refractivity contribution >= 4 is 9.84 Å². The zero-order chi connectivity index (χ0) is 12.0. The molecule has 1 N–H and O–H groups in total. The van der Waals surface area contributed by atoms with Gasteiger partial charge in [-0.2, -0.15) is 0 Å². The van der Waals surface area contributed by atoms with Crippen molar-refractivity contribution in [1.29, 1.82) is 0 Å². The molecule has 1 unspecified atom stereocenters. The highest BCUT2D eigenvalue weighted by Crippen LogP contribution is 2.17. The Hall–Kier alpha value is -0.810. The number of hydrogen-bond donors (Lipinski definition) is 1. The van der Waals surface area contributed by atoms with Crippen LogP contribution < -0.4 is 5.32 Å². The molecule has 0 aliphatic carbocycles. The minimum atomic E-state index is -2.91. The van der Waals surface area contributed by atoms with E-state index in [-0.39, 0.29) is 11.8 Å². The molecule has 1 aromatic rings. The minimum Gasteiger partial charge on any atom is -0.472 e. The second-order valence-electron chi connectivity index (χ2n) is 3.98. The van der Waals surface area contributed by atoms with E-state index in [1.165, 1.54) is 6.26 Å². The molecule has 0 saturated carbocycles. The summed E-state index contributed by atoms with van der Waals surface area (Å²) in [4.78, 5) is 0. The molecule has 16 heavy (non-hydrogen) atoms. The summed E-state index contributed by atoms with van der Waals surface area (Å²) >= 11 is 0. The SMILES string of the molecule is CCCNC(CCS(C)(=O)=O)c1ccoc1. The molecular weight excluding hydrogens is 226 g/mol. The maximum atomic E-state index is 11.1. The zero-order valence-electron chi connectivity index (χ0n) is 9.77. The molecule has 92 valence electrons. The molecule has 1 aromatic heterocycles. The van der Waals surface area contributed by atoms with E-state index in [4.69, 9.17) is 4.42 Å². The molecule has 5 heteroatoms. The molecule has 0 saturated heterocycles. The molecule has 0 fully saturated rings. The summed E-state index contributed by atoms with van der Waals surface area (Å²) in [5, 5.41) is 3.32. The van der Waals surface area contributed by atoms with Gasteiger partial charge in [0.15, 0.2) is 0 Å². The third-order valence-electron chi connectivity index (χ3n) is 2.36. The second-order valence-corrected chi connectivity index (χ2v) is 6.24. The van der Waals surface area contributed by atoms with Crippen LogP contribution >= 0.6 is 0 Å². The van der Waals surface area contributed by atoms with E-state index in [1.807, 2.05) is 6.07 Å². The maximum Gasteiger partial charge on any atom is 0.147 e. The first kappa shape index (κ1) is 13.3. The lowest BCUT2D eigenvalue weighted by atomic mass is 10.1. The standard InChI is InChI=1S/C11H19NO3S/c1-3-6-12-11(5-8-16(2,13)14)10-4-7-15-9-10/h4,7,9,11-12H,3,5-6,8H2,1-2H3. The van der Waals surface area contributed by atoms with Crippen molar-refractivity contribution in [3.8, 4) is 0 Å². The van der Waals surface area contributed by atoms with Gasteiger partial charge in [0, 0.05) is 17.9 Å². The van der Waals surface area contributed by atoms with Gasteiger partial charge in [-0.25, -0.2) is 8.42 Å². The first-order valence-electron chi connectivity index (χ1n) is 5.46. The molecule has 0 aliphatic heterocycles. The summed E-state index contributed by atoms with van der Waals surface area (Å²) in [6.45, 7) is 2.95. The van der Waals surface area contributed by atoms with E-state index in [1.54, 1.807) is 12.5 Å². The summed E-state index contributed by atoms with van der Waals surface area (Å²) in [6, 6.07) is 1.93. The molecule has 0 aromatic carbocycles. The van der Waals surface area contributed by atoms with E-state index < -0.39 is 9.84 Å². The van der Waals surface area contributed by atoms with Gasteiger partial charge in [-0.15, -0.1) is 0 Å². The Kier molecular flexibility index (Phi) is 5.02. The predicted molar refractivity (Wildman–Crippen MR) is 64.1 cm³/mol. The summed E-state index contributed by atoms with van der Waals surface area (Å²) in [6.07, 6.45) is 6.14. The Morgan fingerprint density at radius 3 is 2.75 bits per heavy atom. The van der Waals surface area contributed by atoms with Crippen LogP contribution in [0.2, 0.25) is 0 Å². The van der Waals surface area contributed by atoms with Crippen LogP contribution in [0.1, 0.15) is 31.4 Å². The minimum absolute atomic E-state index is 0.0634. The van der Waals surface area contributed by atoms with E-state index in [0.717, 1.165) is 18.5 Å². The van der Waals surface area contributed by atoms with E-state index in [9.17, 15) is 8.42 Å². The Balaban J connectivity index is 2.58. The van der Waals surface area contributed by atoms with Gasteiger partial charge < -0.3 is 9.73 Å². The van der Waals surface area contributed by atoms with Crippen LogP contribution in [0.5, 0.6) is 0 Å². The Morgan fingerprint density at radius 1 is 1.50 bits per heavy atom. The van der Waals surface area contributed by atoms with E-state index in [2.05, 4.69) is 12.2 Å². The lowest BCUT2D eigenvalue weighted by molar-refractivity contribution is 0.501. The highest BCUT2D eigenvalue weighted by molar-refractivity contribution is 7.90. The number of sulfone groups is 1. The summed E-state index contributed by atoms with van der Waals surface area (Å²) < 4.78 is 27.3. The van der Waals surface area contributed by atoms with Crippen LogP contribution in [0.25, 0.3) is 0 Å². The molecule has 1 heterocycles. The Labute approximate surface area is 97.0 Å². The summed E-state index contributed by atoms with van der Waals surface area (Å²) in [5.74, 6) is 0.194. The lowest BCUT2D eigenvalue weighted by Gasteiger charge is -2.16. The Bertz CT molecular complexity index is 383. The van der Waals surface area contributed by atoms with Crippen LogP contribution in [0.4, 0.5) is 0 Å². The van der Waals surface area contributed by atoms with Gasteiger partial charge in [0.25, 0.3) is 0 Å². The summed E-state index contributed by atoms with van der Waals surface area (Å²) in [5.41, 5.74) is 1.01. The molecular formula is C11H19NO3S. The Morgan fingerprint density at radius 2 is 2.25 bits per heavy atom. The highest BCUT2D eigenvalue weighted by Gasteiger charge is 2.14. The van der Waals surface area contributed by atoms with Crippen molar-refractivity contribution in [3.05, 3.63) is 24.2 Å². The fourth-order valence-electron chi connectivity index (χ4n) is 1.51. The molecule has 0 bridgehead atoms. The van der Waals surface area contributed by atoms with Gasteiger partial charge in [-0.1, -0.05) is 6.92 Å². The zero-order valence-corrected chi connectivity index (χ0v) is 10.6. The molecule has 0 aliphatic rings. The number of furan rings is 1. The quantitative estimate of drug-likeness (QED) is 0.795. The van der Waals surface area contributed by atoms with Crippen molar-refractivity contribution in [2.24, 2.45) is 0 Å². The van der Waals surface area contributed by atoms with E-state index >= 15 is 0 Å². The smallest absolute Gasteiger partial charge is 0.147 e. The average molecular weight is 245 g/mol. The number of rotatable bonds is 7. The maximum absolute atomic E-state index is 11.1. The van der Waals surface area contributed by atoms with Crippen LogP contribution in [-0.4, -0.2) is 27.0 Å². The summed E-state index contributed by atoms with van der Waals surface area (Å²) in [7, 11) is -2.91. The van der Waals surface area contributed by atoms with Gasteiger partial charge in [0.2, 0.25) is 0 Å². The van der Waals surface area contributed by atoms with Gasteiger partial charge in [-0.3, -0.25) is 0 Å². The molecule has 0 radical (unpaired) electrons. The van der Waals surface area contributed by atoms with Gasteiger partial charge in [0.05, 0.1) is 18.3 Å². The first-order valence-corrected chi connectivity index (χ1v) is 7.52. The first-order chi connectivity index (χ1) is 7.53.